The highest BCUT2D eigenvalue weighted by Crippen LogP contribution is 2.36. The molecule has 0 radical (unpaired) electrons. The van der Waals surface area contributed by atoms with E-state index in [-0.39, 0.29) is 5.91 Å². The molecule has 0 bridgehead atoms. The average molecular weight is 282 g/mol. The molecular weight excluding hydrogens is 260 g/mol. The van der Waals surface area contributed by atoms with Gasteiger partial charge in [0, 0.05) is 12.6 Å². The highest BCUT2D eigenvalue weighted by atomic mass is 16.2. The molecule has 110 valence electrons. The second-order valence-corrected chi connectivity index (χ2v) is 6.26. The molecule has 1 heterocycles. The van der Waals surface area contributed by atoms with E-state index in [0.29, 0.717) is 12.0 Å². The minimum Gasteiger partial charge on any atom is -0.338 e. The number of carbonyl (C=O) groups excluding carboxylic acids is 1. The van der Waals surface area contributed by atoms with E-state index in [1.807, 2.05) is 35.2 Å². The third-order valence-corrected chi connectivity index (χ3v) is 5.04. The Hall–Kier alpha value is -1.82. The van der Waals surface area contributed by atoms with Crippen LogP contribution in [0.4, 0.5) is 0 Å². The second-order valence-electron chi connectivity index (χ2n) is 6.26. The predicted octanol–water partition coefficient (Wildman–Crippen LogP) is 3.47. The summed E-state index contributed by atoms with van der Waals surface area (Å²) in [4.78, 5) is 14.9. The van der Waals surface area contributed by atoms with E-state index in [1.54, 1.807) is 0 Å². The molecule has 3 rings (SSSR count). The van der Waals surface area contributed by atoms with Crippen LogP contribution in [0, 0.1) is 17.2 Å². The highest BCUT2D eigenvalue weighted by molar-refractivity contribution is 5.86. The van der Waals surface area contributed by atoms with Crippen LogP contribution in [0.5, 0.6) is 0 Å². The molecule has 0 spiro atoms. The van der Waals surface area contributed by atoms with Gasteiger partial charge < -0.3 is 4.90 Å². The number of hydrogen-bond donors (Lipinski definition) is 0. The van der Waals surface area contributed by atoms with Crippen molar-refractivity contribution in [3.63, 3.8) is 0 Å². The molecule has 1 aliphatic heterocycles. The first-order valence-corrected chi connectivity index (χ1v) is 8.06. The van der Waals surface area contributed by atoms with E-state index in [9.17, 15) is 10.1 Å². The lowest BCUT2D eigenvalue weighted by Crippen LogP contribution is -2.51. The van der Waals surface area contributed by atoms with E-state index in [1.165, 1.54) is 25.7 Å². The van der Waals surface area contributed by atoms with Gasteiger partial charge >= 0.3 is 0 Å². The number of amides is 1. The topological polar surface area (TPSA) is 44.1 Å². The molecule has 1 saturated carbocycles. The standard InChI is InChI=1S/C18H22N2O/c19-13-16(14-7-2-1-3-8-14)18(21)20-12-6-10-15-9-4-5-11-17(15)20/h1-3,7-8,15-17H,4-6,9-12H2. The number of nitrogens with zero attached hydrogens (tertiary/aromatic N) is 2. The quantitative estimate of drug-likeness (QED) is 0.833. The molecule has 3 unspecified atom stereocenters. The van der Waals surface area contributed by atoms with Crippen molar-refractivity contribution in [2.45, 2.75) is 50.5 Å². The van der Waals surface area contributed by atoms with Gasteiger partial charge in [0.05, 0.1) is 6.07 Å². The van der Waals surface area contributed by atoms with E-state index in [2.05, 4.69) is 6.07 Å². The molecule has 2 aliphatic rings. The van der Waals surface area contributed by atoms with E-state index in [4.69, 9.17) is 0 Å². The molecule has 3 nitrogen and oxygen atoms in total. The number of benzene rings is 1. The van der Waals surface area contributed by atoms with Gasteiger partial charge in [-0.15, -0.1) is 0 Å². The van der Waals surface area contributed by atoms with Gasteiger partial charge in [-0.05, 0) is 37.2 Å². The molecule has 21 heavy (non-hydrogen) atoms. The lowest BCUT2D eigenvalue weighted by molar-refractivity contribution is -0.137. The first kappa shape index (κ1) is 14.1. The van der Waals surface area contributed by atoms with Crippen molar-refractivity contribution in [1.29, 1.82) is 5.26 Å². The maximum absolute atomic E-state index is 12.9. The van der Waals surface area contributed by atoms with Crippen molar-refractivity contribution in [2.24, 2.45) is 5.92 Å². The van der Waals surface area contributed by atoms with Crippen molar-refractivity contribution >= 4 is 5.91 Å². The van der Waals surface area contributed by atoms with Crippen molar-refractivity contribution in [1.82, 2.24) is 4.90 Å². The highest BCUT2D eigenvalue weighted by Gasteiger charge is 2.38. The van der Waals surface area contributed by atoms with Crippen molar-refractivity contribution < 1.29 is 4.79 Å². The smallest absolute Gasteiger partial charge is 0.244 e. The van der Waals surface area contributed by atoms with Gasteiger partial charge in [0.1, 0.15) is 5.92 Å². The first-order chi connectivity index (χ1) is 10.3. The Labute approximate surface area is 126 Å². The fraction of sp³-hybridized carbons (Fsp3) is 0.556. The molecule has 3 heteroatoms. The third-order valence-electron chi connectivity index (χ3n) is 5.04. The summed E-state index contributed by atoms with van der Waals surface area (Å²) in [6.45, 7) is 0.824. The molecule has 1 aliphatic carbocycles. The zero-order valence-electron chi connectivity index (χ0n) is 12.4. The van der Waals surface area contributed by atoms with Crippen LogP contribution in [0.15, 0.2) is 30.3 Å². The maximum atomic E-state index is 12.9. The van der Waals surface area contributed by atoms with E-state index < -0.39 is 5.92 Å². The summed E-state index contributed by atoms with van der Waals surface area (Å²) in [6, 6.07) is 12.1. The fourth-order valence-electron chi connectivity index (χ4n) is 3.98. The van der Waals surface area contributed by atoms with Gasteiger partial charge in [-0.1, -0.05) is 43.2 Å². The zero-order valence-corrected chi connectivity index (χ0v) is 12.4. The molecule has 1 aromatic rings. The van der Waals surface area contributed by atoms with Crippen LogP contribution < -0.4 is 0 Å². The Morgan fingerprint density at radius 1 is 1.14 bits per heavy atom. The lowest BCUT2D eigenvalue weighted by Gasteiger charge is -2.44. The number of carbonyl (C=O) groups is 1. The molecule has 1 saturated heterocycles. The predicted molar refractivity (Wildman–Crippen MR) is 81.5 cm³/mol. The van der Waals surface area contributed by atoms with Crippen LogP contribution in [0.3, 0.4) is 0 Å². The average Bonchev–Trinajstić information content (AvgIpc) is 2.56. The monoisotopic (exact) mass is 282 g/mol. The summed E-state index contributed by atoms with van der Waals surface area (Å²) in [5.41, 5.74) is 0.822. The van der Waals surface area contributed by atoms with Crippen LogP contribution in [0.2, 0.25) is 0 Å². The lowest BCUT2D eigenvalue weighted by atomic mass is 9.78. The third kappa shape index (κ3) is 2.81. The molecule has 3 atom stereocenters. The Morgan fingerprint density at radius 3 is 2.62 bits per heavy atom. The number of hydrogen-bond acceptors (Lipinski definition) is 2. The molecule has 1 aromatic carbocycles. The molecule has 1 amide bonds. The SMILES string of the molecule is N#CC(C(=O)N1CCCC2CCCCC21)c1ccccc1. The first-order valence-electron chi connectivity index (χ1n) is 8.06. The van der Waals surface area contributed by atoms with Gasteiger partial charge in [-0.25, -0.2) is 0 Å². The summed E-state index contributed by atoms with van der Waals surface area (Å²) in [5, 5.41) is 9.48. The summed E-state index contributed by atoms with van der Waals surface area (Å²) < 4.78 is 0. The normalized spacial score (nSPS) is 26.5. The van der Waals surface area contributed by atoms with Gasteiger partial charge in [-0.3, -0.25) is 4.79 Å². The Kier molecular flexibility index (Phi) is 4.24. The van der Waals surface area contributed by atoms with Gasteiger partial charge in [0.25, 0.3) is 0 Å². The van der Waals surface area contributed by atoms with Gasteiger partial charge in [0.15, 0.2) is 0 Å². The molecule has 0 N–H and O–H groups in total. The molecular formula is C18H22N2O. The Bertz CT molecular complexity index is 532. The van der Waals surface area contributed by atoms with Crippen molar-refractivity contribution in [3.8, 4) is 6.07 Å². The summed E-state index contributed by atoms with van der Waals surface area (Å²) in [6.07, 6.45) is 7.20. The van der Waals surface area contributed by atoms with Gasteiger partial charge in [-0.2, -0.15) is 5.26 Å². The fourth-order valence-corrected chi connectivity index (χ4v) is 3.98. The van der Waals surface area contributed by atoms with Crippen LogP contribution in [-0.2, 0) is 4.79 Å². The molecule has 2 fully saturated rings. The Balaban J connectivity index is 1.81. The number of fused-ring (bicyclic) bond motifs is 1. The van der Waals surface area contributed by atoms with Crippen LogP contribution in [0.1, 0.15) is 50.0 Å². The maximum Gasteiger partial charge on any atom is 0.244 e. The minimum absolute atomic E-state index is 0.0142. The zero-order chi connectivity index (χ0) is 14.7. The summed E-state index contributed by atoms with van der Waals surface area (Å²) in [5.74, 6) is 0.0266. The minimum atomic E-state index is -0.646. The van der Waals surface area contributed by atoms with E-state index in [0.717, 1.165) is 24.9 Å². The van der Waals surface area contributed by atoms with Gasteiger partial charge in [0.2, 0.25) is 5.91 Å². The number of likely N-dealkylation sites (tertiary alicyclic amines) is 1. The van der Waals surface area contributed by atoms with Crippen LogP contribution in [-0.4, -0.2) is 23.4 Å². The summed E-state index contributed by atoms with van der Waals surface area (Å²) >= 11 is 0. The number of nitriles is 1. The Morgan fingerprint density at radius 2 is 1.86 bits per heavy atom. The van der Waals surface area contributed by atoms with Crippen LogP contribution >= 0.6 is 0 Å². The van der Waals surface area contributed by atoms with Crippen molar-refractivity contribution in [2.75, 3.05) is 6.54 Å². The van der Waals surface area contributed by atoms with Crippen molar-refractivity contribution in [3.05, 3.63) is 35.9 Å². The second kappa shape index (κ2) is 6.30. The summed E-state index contributed by atoms with van der Waals surface area (Å²) in [7, 11) is 0. The number of rotatable bonds is 2. The van der Waals surface area contributed by atoms with E-state index >= 15 is 0 Å². The molecule has 0 aromatic heterocycles. The largest absolute Gasteiger partial charge is 0.338 e. The van der Waals surface area contributed by atoms with Crippen LogP contribution in [0.25, 0.3) is 0 Å². The number of piperidine rings is 1.